The van der Waals surface area contributed by atoms with E-state index in [-0.39, 0.29) is 45.2 Å². The van der Waals surface area contributed by atoms with Crippen LogP contribution in [0.5, 0.6) is 0 Å². The summed E-state index contributed by atoms with van der Waals surface area (Å²) in [6.07, 6.45) is 0. The largest absolute Gasteiger partial charge is 2.00 e. The van der Waals surface area contributed by atoms with Crippen molar-refractivity contribution in [2.75, 3.05) is 0 Å². The molecule has 0 aliphatic carbocycles. The molecule has 4 radical (unpaired) electrons. The van der Waals surface area contributed by atoms with Crippen LogP contribution in [0.25, 0.3) is 0 Å². The topological polar surface area (TPSA) is 58.9 Å². The Kier molecular flexibility index (Phi) is 64.1. The Labute approximate surface area is 124 Å². The maximum atomic E-state index is 7.38. The van der Waals surface area contributed by atoms with Crippen molar-refractivity contribution >= 4 is 82.7 Å². The third-order valence-corrected chi connectivity index (χ3v) is 4.05. The first-order chi connectivity index (χ1) is 6.24. The Bertz CT molecular complexity index is 229. The van der Waals surface area contributed by atoms with E-state index in [4.69, 9.17) is 27.1 Å². The Balaban J connectivity index is -0.0000000244. The first-order valence-corrected chi connectivity index (χ1v) is 8.77. The number of rotatable bonds is 2. The van der Waals surface area contributed by atoms with Gasteiger partial charge in [0, 0.05) is 0 Å². The third kappa shape index (κ3) is 77.6. The average molecular weight is 470 g/mol. The summed E-state index contributed by atoms with van der Waals surface area (Å²) in [5, 5.41) is 0. The van der Waals surface area contributed by atoms with E-state index in [9.17, 15) is 0 Å². The van der Waals surface area contributed by atoms with Crippen LogP contribution >= 0.6 is 0 Å². The quantitative estimate of drug-likeness (QED) is 0.339. The molecule has 4 nitrogen and oxygen atoms in total. The molecule has 0 bridgehead atoms. The van der Waals surface area contributed by atoms with Gasteiger partial charge in [0.05, 0.1) is 0 Å². The summed E-state index contributed by atoms with van der Waals surface area (Å²) < 4.78 is 9.51. The van der Waals surface area contributed by atoms with Gasteiger partial charge in [-0.3, -0.25) is 0 Å². The van der Waals surface area contributed by atoms with Crippen LogP contribution in [0, 0.1) is 24.0 Å². The van der Waals surface area contributed by atoms with Crippen molar-refractivity contribution in [3.8, 4) is 24.0 Å². The van der Waals surface area contributed by atoms with Crippen LogP contribution in [0.2, 0.25) is 0 Å². The molecule has 0 saturated carbocycles. The molecule has 0 unspecified atom stereocenters. The molecule has 2 N–H and O–H groups in total. The summed E-state index contributed by atoms with van der Waals surface area (Å²) >= 11 is -1.04. The Morgan fingerprint density at radius 3 is 1.29 bits per heavy atom. The first-order valence-electron chi connectivity index (χ1n) is 2.42. The first kappa shape index (κ1) is 24.2. The van der Waals surface area contributed by atoms with E-state index in [1.54, 1.807) is 0 Å². The van der Waals surface area contributed by atoms with Gasteiger partial charge in [0.2, 0.25) is 18.4 Å². The molecular formula is C4H8O4Si4Sn2+4. The van der Waals surface area contributed by atoms with Crippen molar-refractivity contribution < 1.29 is 18.0 Å². The van der Waals surface area contributed by atoms with Crippen molar-refractivity contribution in [2.45, 2.75) is 0 Å². The molecule has 0 atom stereocenters. The smallest absolute Gasteiger partial charge is 1.00 e. The molecule has 14 heavy (non-hydrogen) atoms. The van der Waals surface area contributed by atoms with E-state index in [1.165, 1.54) is 0 Å². The molecule has 0 aliphatic heterocycles. The summed E-state index contributed by atoms with van der Waals surface area (Å²) in [5.74, 6) is 0. The predicted octanol–water partition coefficient (Wildman–Crippen LogP) is -2.81. The molecule has 0 aromatic heterocycles. The zero-order valence-corrected chi connectivity index (χ0v) is 16.7. The monoisotopic (exact) mass is 472 g/mol. The molecule has 0 spiro atoms. The van der Waals surface area contributed by atoms with E-state index < -0.39 is 40.4 Å². The van der Waals surface area contributed by atoms with Gasteiger partial charge in [-0.15, -0.1) is 12.0 Å². The van der Waals surface area contributed by atoms with E-state index in [0.29, 0.717) is 0 Å². The zero-order chi connectivity index (χ0) is 10.9. The van der Waals surface area contributed by atoms with Gasteiger partial charge < -0.3 is 9.59 Å². The number of hydrogen-bond acceptors (Lipinski definition) is 4. The van der Waals surface area contributed by atoms with Crippen LogP contribution in [0.15, 0.2) is 0 Å². The minimum absolute atomic E-state index is 0. The van der Waals surface area contributed by atoms with Gasteiger partial charge in [-0.25, -0.2) is 0 Å². The van der Waals surface area contributed by atoms with Crippen LogP contribution in [-0.2, 0) is 5.53 Å². The van der Waals surface area contributed by atoms with Crippen LogP contribution < -0.4 is 0 Å². The maximum Gasteiger partial charge on any atom is 2.00 e. The van der Waals surface area contributed by atoms with Crippen LogP contribution in [0.3, 0.4) is 0 Å². The second-order valence-corrected chi connectivity index (χ2v) is 6.15. The molecule has 0 saturated heterocycles. The molecule has 0 aliphatic rings. The summed E-state index contributed by atoms with van der Waals surface area (Å²) in [6, 6.07) is 18.9. The molecule has 68 valence electrons. The van der Waals surface area contributed by atoms with Crippen molar-refractivity contribution in [3.05, 3.63) is 0 Å². The fourth-order valence-electron chi connectivity index (χ4n) is 0.0689. The zero-order valence-electron chi connectivity index (χ0n) is 9.02. The van der Waals surface area contributed by atoms with E-state index >= 15 is 0 Å². The molecule has 0 aromatic carbocycles. The van der Waals surface area contributed by atoms with Crippen LogP contribution in [0.1, 0.15) is 2.85 Å². The maximum absolute atomic E-state index is 7.38. The normalized spacial score (nSPS) is 3.71. The van der Waals surface area contributed by atoms with Crippen molar-refractivity contribution in [1.82, 2.24) is 0 Å². The van der Waals surface area contributed by atoms with E-state index in [0.717, 1.165) is 0 Å². The molecule has 10 heteroatoms. The van der Waals surface area contributed by atoms with E-state index in [1.807, 2.05) is 0 Å². The average Bonchev–Trinajstić information content (AvgIpc) is 2.08. The molecule has 0 heterocycles. The predicted molar refractivity (Wildman–Crippen MR) is 63.1 cm³/mol. The summed E-state index contributed by atoms with van der Waals surface area (Å²) in [6.45, 7) is 0. The van der Waals surface area contributed by atoms with Gasteiger partial charge in [0.1, 0.15) is 0 Å². The SMILES string of the molecule is C#[Si]O.C#[Si]O.C#[Si][O][Sn][O][Si]#C.[H+].[H+].[Sn+2]. The molecule has 0 aromatic rings. The third-order valence-electron chi connectivity index (χ3n) is 0.201. The van der Waals surface area contributed by atoms with Crippen LogP contribution in [0.4, 0.5) is 0 Å². The minimum atomic E-state index is -1.04. The van der Waals surface area contributed by atoms with Crippen molar-refractivity contribution in [2.24, 2.45) is 0 Å². The van der Waals surface area contributed by atoms with Crippen molar-refractivity contribution in [1.29, 1.82) is 0 Å². The second-order valence-electron chi connectivity index (χ2n) is 0.781. The standard InChI is InChI=1S/2CH2OSi.2CHOSi.2Sn/c4*1-3-2;;/h2*1-2H;2*1H;;/q;;2*-1;2*+2/p+2. The Hall–Kier alpha value is 0.785. The Morgan fingerprint density at radius 2 is 1.14 bits per heavy atom. The molecule has 0 amide bonds. The van der Waals surface area contributed by atoms with Gasteiger partial charge in [-0.2, -0.15) is 0 Å². The van der Waals surface area contributed by atoms with Gasteiger partial charge >= 0.3 is 84.7 Å². The summed E-state index contributed by atoms with van der Waals surface area (Å²) in [5.41, 5.74) is 0. The fourth-order valence-corrected chi connectivity index (χ4v) is 2.23. The van der Waals surface area contributed by atoms with Gasteiger partial charge in [-0.05, 0) is 0 Å². The second kappa shape index (κ2) is 37.2. The minimum Gasteiger partial charge on any atom is 1.00 e. The van der Waals surface area contributed by atoms with Gasteiger partial charge in [0.15, 0.2) is 0 Å². The van der Waals surface area contributed by atoms with Gasteiger partial charge in [0.25, 0.3) is 0 Å². The molecular weight excluding hydrogens is 462 g/mol. The molecule has 0 rings (SSSR count). The van der Waals surface area contributed by atoms with E-state index in [2.05, 4.69) is 12.0 Å². The molecule has 0 fully saturated rings. The Morgan fingerprint density at radius 1 is 0.929 bits per heavy atom. The summed E-state index contributed by atoms with van der Waals surface area (Å²) in [4.78, 5) is 14.8. The fraction of sp³-hybridized carbons (Fsp3) is 0. The number of hydrogen-bond donors (Lipinski definition) is 2. The summed E-state index contributed by atoms with van der Waals surface area (Å²) in [7, 11) is -0.699. The van der Waals surface area contributed by atoms with Gasteiger partial charge in [-0.1, -0.05) is 0 Å². The van der Waals surface area contributed by atoms with Crippen LogP contribution in [-0.4, -0.2) is 92.3 Å². The van der Waals surface area contributed by atoms with Crippen molar-refractivity contribution in [3.63, 3.8) is 0 Å².